The van der Waals surface area contributed by atoms with E-state index in [0.717, 1.165) is 42.5 Å². The van der Waals surface area contributed by atoms with Crippen LogP contribution in [0.5, 0.6) is 0 Å². The number of hydrogen-bond acceptors (Lipinski definition) is 6. The molecule has 0 saturated carbocycles. The Labute approximate surface area is 182 Å². The van der Waals surface area contributed by atoms with Crippen LogP contribution in [0.1, 0.15) is 54.4 Å². The molecule has 0 rings (SSSR count). The summed E-state index contributed by atoms with van der Waals surface area (Å²) >= 11 is 0. The zero-order valence-electron chi connectivity index (χ0n) is 20.4. The first kappa shape index (κ1) is 29.2. The van der Waals surface area contributed by atoms with Crippen molar-refractivity contribution in [1.82, 2.24) is 0 Å². The molecule has 0 bridgehead atoms. The molecule has 0 aliphatic carbocycles. The van der Waals surface area contributed by atoms with Gasteiger partial charge in [-0.2, -0.15) is 0 Å². The molecule has 9 heteroatoms. The summed E-state index contributed by atoms with van der Waals surface area (Å²) in [5, 5.41) is 0. The molecule has 0 N–H and O–H groups in total. The SMILES string of the molecule is CCO[Si](CCC[N+](C)(C)CCC[Si](OCC)(OCC)OCC)(OCC)OCC. The second-order valence-corrected chi connectivity index (χ2v) is 13.0. The standard InChI is InChI=1S/C20H48NO6Si2/c1-9-22-28(23-10-2,24-11-3)19-15-17-21(7,8)18-16-20-29(25-12-4,26-13-5)27-14-6/h9-20H2,1-8H3/q+1. The van der Waals surface area contributed by atoms with Crippen molar-refractivity contribution in [3.05, 3.63) is 0 Å². The number of quaternary nitrogens is 1. The fraction of sp³-hybridized carbons (Fsp3) is 1.00. The average molecular weight is 455 g/mol. The lowest BCUT2D eigenvalue weighted by Gasteiger charge is -2.34. The highest BCUT2D eigenvalue weighted by Crippen LogP contribution is 2.21. The van der Waals surface area contributed by atoms with Crippen molar-refractivity contribution in [3.63, 3.8) is 0 Å². The fourth-order valence-electron chi connectivity index (χ4n) is 3.56. The second kappa shape index (κ2) is 15.9. The van der Waals surface area contributed by atoms with Gasteiger partial charge in [-0.05, 0) is 41.5 Å². The van der Waals surface area contributed by atoms with Gasteiger partial charge in [0.2, 0.25) is 0 Å². The second-order valence-electron chi connectivity index (χ2n) is 7.55. The Morgan fingerprint density at radius 2 is 0.724 bits per heavy atom. The van der Waals surface area contributed by atoms with Crippen molar-refractivity contribution in [3.8, 4) is 0 Å². The third-order valence-electron chi connectivity index (χ3n) is 4.68. The molecule has 0 radical (unpaired) electrons. The summed E-state index contributed by atoms with van der Waals surface area (Å²) in [6.07, 6.45) is 2.04. The lowest BCUT2D eigenvalue weighted by Crippen LogP contribution is -2.49. The zero-order valence-corrected chi connectivity index (χ0v) is 22.4. The van der Waals surface area contributed by atoms with Crippen molar-refractivity contribution in [1.29, 1.82) is 0 Å². The topological polar surface area (TPSA) is 55.4 Å². The summed E-state index contributed by atoms with van der Waals surface area (Å²) < 4.78 is 36.8. The third-order valence-corrected chi connectivity index (χ3v) is 11.0. The minimum atomic E-state index is -2.55. The Morgan fingerprint density at radius 1 is 0.483 bits per heavy atom. The number of rotatable bonds is 20. The summed E-state index contributed by atoms with van der Waals surface area (Å²) in [5.74, 6) is 0. The fourth-order valence-corrected chi connectivity index (χ4v) is 8.75. The molecule has 0 aromatic rings. The maximum Gasteiger partial charge on any atom is 0.501 e. The highest BCUT2D eigenvalue weighted by Gasteiger charge is 2.42. The quantitative estimate of drug-likeness (QED) is 0.205. The van der Waals surface area contributed by atoms with Crippen molar-refractivity contribution < 1.29 is 31.0 Å². The molecule has 0 saturated heterocycles. The van der Waals surface area contributed by atoms with E-state index in [0.29, 0.717) is 39.6 Å². The van der Waals surface area contributed by atoms with Gasteiger partial charge in [-0.3, -0.25) is 0 Å². The Balaban J connectivity index is 4.69. The smallest absolute Gasteiger partial charge is 0.374 e. The molecule has 0 aliphatic rings. The molecule has 0 amide bonds. The Morgan fingerprint density at radius 3 is 0.931 bits per heavy atom. The molecule has 0 aliphatic heterocycles. The maximum absolute atomic E-state index is 5.98. The summed E-state index contributed by atoms with van der Waals surface area (Å²) in [5.41, 5.74) is 0. The summed E-state index contributed by atoms with van der Waals surface area (Å²) in [7, 11) is -0.555. The molecule has 7 nitrogen and oxygen atoms in total. The highest BCUT2D eigenvalue weighted by atomic mass is 28.4. The van der Waals surface area contributed by atoms with E-state index >= 15 is 0 Å². The molecule has 0 aromatic heterocycles. The van der Waals surface area contributed by atoms with Crippen LogP contribution in [0.2, 0.25) is 12.1 Å². The van der Waals surface area contributed by atoms with E-state index in [1.807, 2.05) is 41.5 Å². The van der Waals surface area contributed by atoms with Crippen LogP contribution in [0.15, 0.2) is 0 Å². The minimum absolute atomic E-state index is 0.628. The Kier molecular flexibility index (Phi) is 16.0. The Bertz CT molecular complexity index is 333. The van der Waals surface area contributed by atoms with Gasteiger partial charge in [-0.1, -0.05) is 0 Å². The van der Waals surface area contributed by atoms with Crippen LogP contribution in [-0.4, -0.2) is 88.9 Å². The first-order valence-corrected chi connectivity index (χ1v) is 15.3. The van der Waals surface area contributed by atoms with Gasteiger partial charge >= 0.3 is 17.6 Å². The zero-order chi connectivity index (χ0) is 22.2. The van der Waals surface area contributed by atoms with Crippen LogP contribution >= 0.6 is 0 Å². The van der Waals surface area contributed by atoms with E-state index in [1.165, 1.54) is 0 Å². The van der Waals surface area contributed by atoms with E-state index < -0.39 is 17.6 Å². The average Bonchev–Trinajstić information content (AvgIpc) is 2.63. The van der Waals surface area contributed by atoms with Crippen LogP contribution in [-0.2, 0) is 26.6 Å². The van der Waals surface area contributed by atoms with Crippen LogP contribution < -0.4 is 0 Å². The van der Waals surface area contributed by atoms with Crippen molar-refractivity contribution >= 4 is 17.6 Å². The molecule has 0 atom stereocenters. The molecule has 0 fully saturated rings. The summed E-state index contributed by atoms with van der Waals surface area (Å²) in [6.45, 7) is 17.9. The van der Waals surface area contributed by atoms with E-state index in [4.69, 9.17) is 26.6 Å². The van der Waals surface area contributed by atoms with Gasteiger partial charge in [0.05, 0.1) is 27.2 Å². The lowest BCUT2D eigenvalue weighted by atomic mass is 10.3. The molecule has 0 heterocycles. The molecular formula is C20H48NO6Si2+. The van der Waals surface area contributed by atoms with Crippen LogP contribution in [0, 0.1) is 0 Å². The molecule has 0 aromatic carbocycles. The van der Waals surface area contributed by atoms with Gasteiger partial charge in [0, 0.05) is 64.6 Å². The molecule has 29 heavy (non-hydrogen) atoms. The highest BCUT2D eigenvalue weighted by molar-refractivity contribution is 6.61. The van der Waals surface area contributed by atoms with Gasteiger partial charge in [-0.25, -0.2) is 0 Å². The van der Waals surface area contributed by atoms with Crippen molar-refractivity contribution in [2.45, 2.75) is 66.5 Å². The van der Waals surface area contributed by atoms with Gasteiger partial charge < -0.3 is 31.0 Å². The maximum atomic E-state index is 5.98. The van der Waals surface area contributed by atoms with Gasteiger partial charge in [0.15, 0.2) is 0 Å². The normalized spacial score (nSPS) is 13.2. The number of hydrogen-bond donors (Lipinski definition) is 0. The van der Waals surface area contributed by atoms with Gasteiger partial charge in [0.25, 0.3) is 0 Å². The monoisotopic (exact) mass is 454 g/mol. The molecule has 0 unspecified atom stereocenters. The van der Waals surface area contributed by atoms with Crippen molar-refractivity contribution in [2.24, 2.45) is 0 Å². The van der Waals surface area contributed by atoms with E-state index in [1.54, 1.807) is 0 Å². The van der Waals surface area contributed by atoms with Gasteiger partial charge in [0.1, 0.15) is 0 Å². The van der Waals surface area contributed by atoms with Crippen LogP contribution in [0.4, 0.5) is 0 Å². The molecule has 176 valence electrons. The summed E-state index contributed by atoms with van der Waals surface area (Å²) in [6, 6.07) is 1.72. The third kappa shape index (κ3) is 11.9. The Hall–Kier alpha value is 0.154. The lowest BCUT2D eigenvalue weighted by molar-refractivity contribution is -0.890. The first-order valence-electron chi connectivity index (χ1n) is 11.4. The predicted molar refractivity (Wildman–Crippen MR) is 122 cm³/mol. The predicted octanol–water partition coefficient (Wildman–Crippen LogP) is 3.94. The first-order chi connectivity index (χ1) is 13.8. The molecule has 0 spiro atoms. The van der Waals surface area contributed by atoms with Crippen molar-refractivity contribution in [2.75, 3.05) is 66.8 Å². The number of nitrogens with zero attached hydrogens (tertiary/aromatic N) is 1. The van der Waals surface area contributed by atoms with E-state index in [2.05, 4.69) is 14.1 Å². The minimum Gasteiger partial charge on any atom is -0.374 e. The van der Waals surface area contributed by atoms with E-state index in [9.17, 15) is 0 Å². The summed E-state index contributed by atoms with van der Waals surface area (Å²) in [4.78, 5) is 0. The largest absolute Gasteiger partial charge is 0.501 e. The van der Waals surface area contributed by atoms with Crippen LogP contribution in [0.3, 0.4) is 0 Å². The van der Waals surface area contributed by atoms with Gasteiger partial charge in [-0.15, -0.1) is 0 Å². The molecular weight excluding hydrogens is 406 g/mol. The van der Waals surface area contributed by atoms with E-state index in [-0.39, 0.29) is 0 Å². The van der Waals surface area contributed by atoms with Crippen LogP contribution in [0.25, 0.3) is 0 Å².